The third-order valence-electron chi connectivity index (χ3n) is 1.46. The second kappa shape index (κ2) is 5.38. The molecule has 0 aliphatic heterocycles. The van der Waals surface area contributed by atoms with Gasteiger partial charge in [0.15, 0.2) is 0 Å². The molecule has 66 valence electrons. The molecule has 0 aromatic heterocycles. The van der Waals surface area contributed by atoms with Crippen LogP contribution in [0.15, 0.2) is 22.7 Å². The van der Waals surface area contributed by atoms with Crippen LogP contribution in [0.5, 0.6) is 0 Å². The van der Waals surface area contributed by atoms with Gasteiger partial charge in [-0.15, -0.1) is 0 Å². The van der Waals surface area contributed by atoms with Crippen LogP contribution in [0.25, 0.3) is 0 Å². The Labute approximate surface area is 94.3 Å². The minimum atomic E-state index is 0.771. The molecule has 12 heavy (non-hydrogen) atoms. The Balaban J connectivity index is 2.75. The molecule has 1 aromatic carbocycles. The largest absolute Gasteiger partial charge is 0.0843 e. The average molecular weight is 286 g/mol. The van der Waals surface area contributed by atoms with Crippen LogP contribution in [0.3, 0.4) is 0 Å². The predicted octanol–water partition coefficient (Wildman–Crippen LogP) is 4.53. The molecule has 0 saturated carbocycles. The summed E-state index contributed by atoms with van der Waals surface area (Å²) in [6, 6.07) is 5.78. The summed E-state index contributed by atoms with van der Waals surface area (Å²) in [6.07, 6.45) is 0.940. The van der Waals surface area contributed by atoms with E-state index in [9.17, 15) is 0 Å². The SMILES string of the molecule is ClSCCc1cc(Cl)ccc1Br. The minimum Gasteiger partial charge on any atom is -0.0843 e. The Morgan fingerprint density at radius 2 is 2.17 bits per heavy atom. The van der Waals surface area contributed by atoms with Crippen LogP contribution in [0.4, 0.5) is 0 Å². The zero-order valence-corrected chi connectivity index (χ0v) is 10.1. The lowest BCUT2D eigenvalue weighted by Gasteiger charge is -2.02. The zero-order valence-electron chi connectivity index (χ0n) is 6.19. The molecule has 0 heterocycles. The summed E-state index contributed by atoms with van der Waals surface area (Å²) in [7, 11) is 6.83. The van der Waals surface area contributed by atoms with Crippen LogP contribution in [0, 0.1) is 0 Å². The van der Waals surface area contributed by atoms with Crippen LogP contribution in [-0.2, 0) is 6.42 Å². The molecule has 0 atom stereocenters. The molecule has 1 rings (SSSR count). The maximum absolute atomic E-state index is 5.84. The Hall–Kier alpha value is 0.630. The average Bonchev–Trinajstić information content (AvgIpc) is 2.07. The fourth-order valence-corrected chi connectivity index (χ4v) is 2.05. The number of benzene rings is 1. The van der Waals surface area contributed by atoms with Gasteiger partial charge in [0.2, 0.25) is 0 Å². The van der Waals surface area contributed by atoms with E-state index in [1.165, 1.54) is 16.5 Å². The highest BCUT2D eigenvalue weighted by molar-refractivity contribution is 9.10. The second-order valence-electron chi connectivity index (χ2n) is 2.30. The van der Waals surface area contributed by atoms with Gasteiger partial charge in [-0.25, -0.2) is 0 Å². The van der Waals surface area contributed by atoms with Gasteiger partial charge in [0.25, 0.3) is 0 Å². The first-order chi connectivity index (χ1) is 5.74. The van der Waals surface area contributed by atoms with Crippen LogP contribution in [-0.4, -0.2) is 5.75 Å². The van der Waals surface area contributed by atoms with Crippen molar-refractivity contribution in [2.24, 2.45) is 0 Å². The Kier molecular flexibility index (Phi) is 4.80. The van der Waals surface area contributed by atoms with E-state index in [1.807, 2.05) is 18.2 Å². The molecule has 0 nitrogen and oxygen atoms in total. The summed E-state index contributed by atoms with van der Waals surface area (Å²) in [5.74, 6) is 0.903. The van der Waals surface area contributed by atoms with Gasteiger partial charge in [-0.1, -0.05) is 38.5 Å². The van der Waals surface area contributed by atoms with Gasteiger partial charge >= 0.3 is 0 Å². The van der Waals surface area contributed by atoms with Crippen LogP contribution < -0.4 is 0 Å². The molecule has 0 amide bonds. The quantitative estimate of drug-likeness (QED) is 0.786. The number of hydrogen-bond acceptors (Lipinski definition) is 1. The topological polar surface area (TPSA) is 0 Å². The fraction of sp³-hybridized carbons (Fsp3) is 0.250. The molecular weight excluding hydrogens is 279 g/mol. The highest BCUT2D eigenvalue weighted by atomic mass is 79.9. The molecule has 0 unspecified atom stereocenters. The summed E-state index contributed by atoms with van der Waals surface area (Å²) >= 11 is 9.28. The van der Waals surface area contributed by atoms with Gasteiger partial charge in [-0.2, -0.15) is 0 Å². The highest BCUT2D eigenvalue weighted by Crippen LogP contribution is 2.23. The maximum Gasteiger partial charge on any atom is 0.0409 e. The van der Waals surface area contributed by atoms with Gasteiger partial charge in [-0.05, 0) is 40.9 Å². The van der Waals surface area contributed by atoms with Gasteiger partial charge in [-0.3, -0.25) is 0 Å². The van der Waals surface area contributed by atoms with E-state index in [2.05, 4.69) is 15.9 Å². The van der Waals surface area contributed by atoms with Crippen molar-refractivity contribution < 1.29 is 0 Å². The van der Waals surface area contributed by atoms with Crippen molar-refractivity contribution in [2.45, 2.75) is 6.42 Å². The Morgan fingerprint density at radius 1 is 1.42 bits per heavy atom. The van der Waals surface area contributed by atoms with Crippen molar-refractivity contribution in [3.8, 4) is 0 Å². The molecule has 0 saturated heterocycles. The summed E-state index contributed by atoms with van der Waals surface area (Å²) in [5, 5.41) is 0.771. The van der Waals surface area contributed by atoms with Crippen molar-refractivity contribution in [1.29, 1.82) is 0 Å². The Morgan fingerprint density at radius 3 is 2.83 bits per heavy atom. The lowest BCUT2D eigenvalue weighted by molar-refractivity contribution is 1.15. The lowest BCUT2D eigenvalue weighted by atomic mass is 10.2. The highest BCUT2D eigenvalue weighted by Gasteiger charge is 1.99. The van der Waals surface area contributed by atoms with E-state index in [0.717, 1.165) is 21.7 Å². The van der Waals surface area contributed by atoms with E-state index in [4.69, 9.17) is 22.3 Å². The molecule has 1 aromatic rings. The third kappa shape index (κ3) is 3.17. The summed E-state index contributed by atoms with van der Waals surface area (Å²) in [5.41, 5.74) is 1.20. The van der Waals surface area contributed by atoms with Crippen molar-refractivity contribution in [2.75, 3.05) is 5.75 Å². The molecule has 4 heteroatoms. The molecule has 0 aliphatic carbocycles. The summed E-state index contributed by atoms with van der Waals surface area (Å²) in [4.78, 5) is 0. The van der Waals surface area contributed by atoms with Gasteiger partial charge in [0.1, 0.15) is 0 Å². The van der Waals surface area contributed by atoms with Crippen molar-refractivity contribution in [3.05, 3.63) is 33.3 Å². The number of hydrogen-bond donors (Lipinski definition) is 0. The first-order valence-electron chi connectivity index (χ1n) is 3.41. The molecule has 0 fully saturated rings. The first kappa shape index (κ1) is 10.7. The minimum absolute atomic E-state index is 0.771. The van der Waals surface area contributed by atoms with Crippen molar-refractivity contribution in [1.82, 2.24) is 0 Å². The van der Waals surface area contributed by atoms with Gasteiger partial charge in [0.05, 0.1) is 0 Å². The first-order valence-corrected chi connectivity index (χ1v) is 6.40. The van der Waals surface area contributed by atoms with E-state index in [-0.39, 0.29) is 0 Å². The molecule has 0 aliphatic rings. The van der Waals surface area contributed by atoms with Crippen molar-refractivity contribution >= 4 is 49.2 Å². The molecule has 0 radical (unpaired) electrons. The zero-order chi connectivity index (χ0) is 8.97. The van der Waals surface area contributed by atoms with E-state index in [0.29, 0.717) is 0 Å². The monoisotopic (exact) mass is 284 g/mol. The summed E-state index contributed by atoms with van der Waals surface area (Å²) < 4.78 is 1.10. The van der Waals surface area contributed by atoms with Gasteiger partial charge < -0.3 is 0 Å². The number of aryl methyl sites for hydroxylation is 1. The fourth-order valence-electron chi connectivity index (χ4n) is 0.883. The van der Waals surface area contributed by atoms with Crippen LogP contribution >= 0.6 is 49.2 Å². The Bertz CT molecular complexity index is 265. The van der Waals surface area contributed by atoms with Crippen LogP contribution in [0.1, 0.15) is 5.56 Å². The van der Waals surface area contributed by atoms with E-state index >= 15 is 0 Å². The predicted molar refractivity (Wildman–Crippen MR) is 61.2 cm³/mol. The van der Waals surface area contributed by atoms with Crippen molar-refractivity contribution in [3.63, 3.8) is 0 Å². The number of rotatable bonds is 3. The molecule has 0 bridgehead atoms. The molecule has 0 spiro atoms. The number of halogens is 3. The molecular formula is C8H7BrCl2S. The maximum atomic E-state index is 5.84. The standard InChI is InChI=1S/C8H7BrCl2S/c9-8-2-1-7(10)5-6(8)3-4-12-11/h1-2,5H,3-4H2. The third-order valence-corrected chi connectivity index (χ3v) is 3.29. The van der Waals surface area contributed by atoms with E-state index in [1.54, 1.807) is 0 Å². The molecule has 0 N–H and O–H groups in total. The van der Waals surface area contributed by atoms with E-state index < -0.39 is 0 Å². The van der Waals surface area contributed by atoms with Gasteiger partial charge in [0, 0.05) is 15.2 Å². The summed E-state index contributed by atoms with van der Waals surface area (Å²) in [6.45, 7) is 0. The smallest absolute Gasteiger partial charge is 0.0409 e. The van der Waals surface area contributed by atoms with Crippen LogP contribution in [0.2, 0.25) is 5.02 Å². The second-order valence-corrected chi connectivity index (χ2v) is 4.87. The normalized spacial score (nSPS) is 10.2. The lowest BCUT2D eigenvalue weighted by Crippen LogP contribution is -1.88.